The minimum atomic E-state index is 0.756. The van der Waals surface area contributed by atoms with Crippen LogP contribution >= 0.6 is 0 Å². The van der Waals surface area contributed by atoms with Gasteiger partial charge >= 0.3 is 0 Å². The van der Waals surface area contributed by atoms with Gasteiger partial charge in [0.25, 0.3) is 0 Å². The highest BCUT2D eigenvalue weighted by molar-refractivity contribution is 5.47. The zero-order valence-electron chi connectivity index (χ0n) is 10.1. The molecule has 0 aromatic carbocycles. The zero-order chi connectivity index (χ0) is 12.2. The highest BCUT2D eigenvalue weighted by atomic mass is 15.0. The Balaban J connectivity index is 1.77. The average molecular weight is 241 g/mol. The van der Waals surface area contributed by atoms with Crippen molar-refractivity contribution < 1.29 is 0 Å². The summed E-state index contributed by atoms with van der Waals surface area (Å²) in [5.74, 6) is 0.934. The third-order valence-corrected chi connectivity index (χ3v) is 3.08. The lowest BCUT2D eigenvalue weighted by atomic mass is 10.1. The highest BCUT2D eigenvalue weighted by Crippen LogP contribution is 2.18. The van der Waals surface area contributed by atoms with Gasteiger partial charge in [-0.05, 0) is 17.7 Å². The molecule has 1 aliphatic heterocycles. The SMILES string of the molecule is c1cc(CNc2ncnc3c2CNCC3)ccn1. The lowest BCUT2D eigenvalue weighted by molar-refractivity contribution is 0.627. The molecule has 5 nitrogen and oxygen atoms in total. The van der Waals surface area contributed by atoms with Gasteiger partial charge in [-0.15, -0.1) is 0 Å². The summed E-state index contributed by atoms with van der Waals surface area (Å²) in [6.07, 6.45) is 6.21. The fourth-order valence-corrected chi connectivity index (χ4v) is 2.11. The van der Waals surface area contributed by atoms with Crippen LogP contribution in [0.15, 0.2) is 30.9 Å². The molecule has 18 heavy (non-hydrogen) atoms. The Labute approximate surface area is 106 Å². The molecule has 0 saturated heterocycles. The van der Waals surface area contributed by atoms with E-state index in [0.717, 1.165) is 37.6 Å². The minimum Gasteiger partial charge on any atom is -0.366 e. The number of pyridine rings is 1. The van der Waals surface area contributed by atoms with Gasteiger partial charge in [-0.1, -0.05) is 0 Å². The fourth-order valence-electron chi connectivity index (χ4n) is 2.11. The van der Waals surface area contributed by atoms with Gasteiger partial charge in [-0.25, -0.2) is 9.97 Å². The molecule has 0 radical (unpaired) electrons. The molecule has 3 heterocycles. The van der Waals surface area contributed by atoms with Gasteiger partial charge in [0.05, 0.1) is 5.69 Å². The summed E-state index contributed by atoms with van der Waals surface area (Å²) < 4.78 is 0. The van der Waals surface area contributed by atoms with E-state index in [1.807, 2.05) is 12.1 Å². The van der Waals surface area contributed by atoms with E-state index in [-0.39, 0.29) is 0 Å². The van der Waals surface area contributed by atoms with E-state index in [1.54, 1.807) is 18.7 Å². The molecule has 92 valence electrons. The Bertz CT molecular complexity index is 526. The van der Waals surface area contributed by atoms with Gasteiger partial charge in [0.1, 0.15) is 12.1 Å². The molecular weight excluding hydrogens is 226 g/mol. The summed E-state index contributed by atoms with van der Waals surface area (Å²) in [7, 11) is 0. The summed E-state index contributed by atoms with van der Waals surface area (Å²) in [4.78, 5) is 12.7. The van der Waals surface area contributed by atoms with Crippen LogP contribution in [0.5, 0.6) is 0 Å². The molecule has 2 aromatic rings. The second-order valence-electron chi connectivity index (χ2n) is 4.28. The lowest BCUT2D eigenvalue weighted by Crippen LogP contribution is -2.26. The smallest absolute Gasteiger partial charge is 0.134 e. The lowest BCUT2D eigenvalue weighted by Gasteiger charge is -2.19. The molecule has 0 unspecified atom stereocenters. The van der Waals surface area contributed by atoms with E-state index in [0.29, 0.717) is 0 Å². The molecule has 0 atom stereocenters. The van der Waals surface area contributed by atoms with Crippen LogP contribution in [-0.2, 0) is 19.5 Å². The molecule has 0 fully saturated rings. The van der Waals surface area contributed by atoms with Gasteiger partial charge in [-0.2, -0.15) is 0 Å². The van der Waals surface area contributed by atoms with Crippen molar-refractivity contribution >= 4 is 5.82 Å². The van der Waals surface area contributed by atoms with Crippen molar-refractivity contribution in [3.05, 3.63) is 47.7 Å². The van der Waals surface area contributed by atoms with Gasteiger partial charge in [-0.3, -0.25) is 4.98 Å². The van der Waals surface area contributed by atoms with Crippen molar-refractivity contribution in [1.82, 2.24) is 20.3 Å². The summed E-state index contributed by atoms with van der Waals surface area (Å²) in [6, 6.07) is 4.00. The van der Waals surface area contributed by atoms with Gasteiger partial charge in [0, 0.05) is 44.0 Å². The molecule has 2 aromatic heterocycles. The molecule has 0 aliphatic carbocycles. The number of hydrogen-bond acceptors (Lipinski definition) is 5. The Morgan fingerprint density at radius 2 is 2.11 bits per heavy atom. The standard InChI is InChI=1S/C13H15N5/c1-4-14-5-2-10(1)7-16-13-11-8-15-6-3-12(11)17-9-18-13/h1-2,4-5,9,15H,3,6-8H2,(H,16,17,18). The average Bonchev–Trinajstić information content (AvgIpc) is 2.46. The van der Waals surface area contributed by atoms with Crippen LogP contribution in [0.4, 0.5) is 5.82 Å². The third-order valence-electron chi connectivity index (χ3n) is 3.08. The van der Waals surface area contributed by atoms with Gasteiger partial charge < -0.3 is 10.6 Å². The van der Waals surface area contributed by atoms with Crippen molar-refractivity contribution in [2.75, 3.05) is 11.9 Å². The fraction of sp³-hybridized carbons (Fsp3) is 0.308. The van der Waals surface area contributed by atoms with Crippen molar-refractivity contribution in [3.63, 3.8) is 0 Å². The summed E-state index contributed by atoms with van der Waals surface area (Å²) in [6.45, 7) is 2.59. The van der Waals surface area contributed by atoms with Crippen LogP contribution in [-0.4, -0.2) is 21.5 Å². The molecule has 0 bridgehead atoms. The van der Waals surface area contributed by atoms with Crippen LogP contribution in [0.2, 0.25) is 0 Å². The van der Waals surface area contributed by atoms with E-state index >= 15 is 0 Å². The van der Waals surface area contributed by atoms with Crippen LogP contribution < -0.4 is 10.6 Å². The first-order valence-corrected chi connectivity index (χ1v) is 6.10. The molecule has 2 N–H and O–H groups in total. The molecular formula is C13H15N5. The first kappa shape index (κ1) is 11.1. The second kappa shape index (κ2) is 5.10. The summed E-state index contributed by atoms with van der Waals surface area (Å²) in [5, 5.41) is 6.72. The number of fused-ring (bicyclic) bond motifs is 1. The molecule has 0 saturated carbocycles. The highest BCUT2D eigenvalue weighted by Gasteiger charge is 2.14. The van der Waals surface area contributed by atoms with E-state index < -0.39 is 0 Å². The number of nitrogens with zero attached hydrogens (tertiary/aromatic N) is 3. The van der Waals surface area contributed by atoms with Crippen molar-refractivity contribution in [2.45, 2.75) is 19.5 Å². The Morgan fingerprint density at radius 3 is 3.00 bits per heavy atom. The third kappa shape index (κ3) is 2.31. The van der Waals surface area contributed by atoms with Crippen LogP contribution in [0.3, 0.4) is 0 Å². The van der Waals surface area contributed by atoms with Crippen molar-refractivity contribution in [1.29, 1.82) is 0 Å². The quantitative estimate of drug-likeness (QED) is 0.843. The van der Waals surface area contributed by atoms with Gasteiger partial charge in [0.2, 0.25) is 0 Å². The maximum absolute atomic E-state index is 4.33. The van der Waals surface area contributed by atoms with E-state index in [2.05, 4.69) is 25.6 Å². The Morgan fingerprint density at radius 1 is 1.22 bits per heavy atom. The summed E-state index contributed by atoms with van der Waals surface area (Å²) in [5.41, 5.74) is 3.54. The minimum absolute atomic E-state index is 0.756. The molecule has 0 spiro atoms. The number of rotatable bonds is 3. The number of anilines is 1. The van der Waals surface area contributed by atoms with Crippen molar-refractivity contribution in [3.8, 4) is 0 Å². The number of hydrogen-bond donors (Lipinski definition) is 2. The van der Waals surface area contributed by atoms with Crippen LogP contribution in [0.1, 0.15) is 16.8 Å². The monoisotopic (exact) mass is 241 g/mol. The molecule has 0 amide bonds. The van der Waals surface area contributed by atoms with Crippen LogP contribution in [0.25, 0.3) is 0 Å². The molecule has 5 heteroatoms. The van der Waals surface area contributed by atoms with E-state index in [9.17, 15) is 0 Å². The topological polar surface area (TPSA) is 62.7 Å². The molecule has 3 rings (SSSR count). The normalized spacial score (nSPS) is 14.0. The first-order chi connectivity index (χ1) is 8.93. The van der Waals surface area contributed by atoms with E-state index in [4.69, 9.17) is 0 Å². The molecule has 1 aliphatic rings. The Hall–Kier alpha value is -2.01. The predicted molar refractivity (Wildman–Crippen MR) is 69.0 cm³/mol. The van der Waals surface area contributed by atoms with Crippen molar-refractivity contribution in [2.24, 2.45) is 0 Å². The van der Waals surface area contributed by atoms with Crippen LogP contribution in [0, 0.1) is 0 Å². The first-order valence-electron chi connectivity index (χ1n) is 6.10. The maximum Gasteiger partial charge on any atom is 0.134 e. The number of aromatic nitrogens is 3. The Kier molecular flexibility index (Phi) is 3.14. The second-order valence-corrected chi connectivity index (χ2v) is 4.28. The van der Waals surface area contributed by atoms with E-state index in [1.165, 1.54) is 11.1 Å². The zero-order valence-corrected chi connectivity index (χ0v) is 10.1. The summed E-state index contributed by atoms with van der Waals surface area (Å²) >= 11 is 0. The predicted octanol–water partition coefficient (Wildman–Crippen LogP) is 1.13. The largest absolute Gasteiger partial charge is 0.366 e. The van der Waals surface area contributed by atoms with Gasteiger partial charge in [0.15, 0.2) is 0 Å². The maximum atomic E-state index is 4.33. The number of nitrogens with one attached hydrogen (secondary N) is 2.